The molecule has 2 saturated heterocycles. The number of carbonyl (C=O) groups is 3. The highest BCUT2D eigenvalue weighted by molar-refractivity contribution is 6.43. The Labute approximate surface area is 215 Å². The molecular weight excluding hydrogens is 479 g/mol. The van der Waals surface area contributed by atoms with Gasteiger partial charge in [-0.3, -0.25) is 24.6 Å². The van der Waals surface area contributed by atoms with Gasteiger partial charge in [0.25, 0.3) is 11.8 Å². The molecule has 1 atom stereocenters. The van der Waals surface area contributed by atoms with Crippen LogP contribution in [0.25, 0.3) is 0 Å². The Morgan fingerprint density at radius 2 is 1.89 bits per heavy atom. The van der Waals surface area contributed by atoms with Crippen molar-refractivity contribution >= 4 is 33.4 Å². The van der Waals surface area contributed by atoms with E-state index in [2.05, 4.69) is 4.90 Å². The molecule has 2 aromatic carbocycles. The number of hydrogen-bond donors (Lipinski definition) is 2. The number of imide groups is 1. The Morgan fingerprint density at radius 1 is 1.14 bits per heavy atom. The fraction of sp³-hybridized carbons (Fsp3) is 0.400. The van der Waals surface area contributed by atoms with Crippen molar-refractivity contribution in [1.82, 2.24) is 15.1 Å². The number of hydrogen-bond acceptors (Lipinski definition) is 7. The van der Waals surface area contributed by atoms with Gasteiger partial charge in [-0.1, -0.05) is 18.2 Å². The Hall–Kier alpha value is -3.21. The van der Waals surface area contributed by atoms with Crippen molar-refractivity contribution in [3.05, 3.63) is 64.5 Å². The van der Waals surface area contributed by atoms with Crippen LogP contribution < -0.4 is 10.1 Å². The van der Waals surface area contributed by atoms with Crippen molar-refractivity contribution in [1.29, 1.82) is 0 Å². The van der Waals surface area contributed by atoms with E-state index in [-0.39, 0.29) is 41.9 Å². The van der Waals surface area contributed by atoms with E-state index in [9.17, 15) is 23.9 Å². The predicted molar refractivity (Wildman–Crippen MR) is 130 cm³/mol. The highest BCUT2D eigenvalue weighted by atomic mass is 19.1. The van der Waals surface area contributed by atoms with E-state index >= 15 is 0 Å². The summed E-state index contributed by atoms with van der Waals surface area (Å²) >= 11 is 0. The molecule has 37 heavy (non-hydrogen) atoms. The number of aliphatic hydroxyl groups is 1. The molecule has 4 radical (unpaired) electrons. The summed E-state index contributed by atoms with van der Waals surface area (Å²) in [5, 5.41) is 11.0. The van der Waals surface area contributed by atoms with Crippen LogP contribution in [0.4, 0.5) is 4.39 Å². The monoisotopic (exact) mass is 503 g/mol. The van der Waals surface area contributed by atoms with Crippen LogP contribution in [0.5, 0.6) is 5.75 Å². The summed E-state index contributed by atoms with van der Waals surface area (Å²) in [6, 6.07) is 9.41. The largest absolute Gasteiger partial charge is 0.488 e. The number of halogens is 1. The molecule has 0 spiro atoms. The minimum atomic E-state index is -2.44. The number of fused-ring (bicyclic) bond motifs is 1. The lowest BCUT2D eigenvalue weighted by atomic mass is 9.57. The lowest BCUT2D eigenvalue weighted by Crippen LogP contribution is -2.68. The van der Waals surface area contributed by atoms with Crippen molar-refractivity contribution < 1.29 is 33.4 Å². The topological polar surface area (TPSA) is 108 Å². The van der Waals surface area contributed by atoms with E-state index in [0.29, 0.717) is 24.7 Å². The first-order valence-electron chi connectivity index (χ1n) is 11.9. The molecule has 2 aromatic rings. The molecule has 0 aromatic heterocycles. The lowest BCUT2D eigenvalue weighted by Gasteiger charge is -2.46. The summed E-state index contributed by atoms with van der Waals surface area (Å²) in [4.78, 5) is 40.2. The quantitative estimate of drug-likeness (QED) is 0.431. The summed E-state index contributed by atoms with van der Waals surface area (Å²) in [7, 11) is 12.7. The van der Waals surface area contributed by atoms with Crippen LogP contribution in [-0.4, -0.2) is 80.3 Å². The number of carbonyl (C=O) groups excluding carboxylic acids is 3. The molecule has 12 heteroatoms. The molecule has 0 bridgehead atoms. The van der Waals surface area contributed by atoms with Crippen LogP contribution in [-0.2, 0) is 32.8 Å². The maximum absolute atomic E-state index is 14.9. The first kappa shape index (κ1) is 25.4. The Balaban J connectivity index is 1.36. The van der Waals surface area contributed by atoms with Crippen LogP contribution in [0.3, 0.4) is 0 Å². The van der Waals surface area contributed by atoms with Gasteiger partial charge in [0.05, 0.1) is 28.9 Å². The minimum absolute atomic E-state index is 0.0296. The van der Waals surface area contributed by atoms with Gasteiger partial charge in [0.2, 0.25) is 11.6 Å². The van der Waals surface area contributed by atoms with Crippen LogP contribution >= 0.6 is 0 Å². The maximum atomic E-state index is 14.9. The Kier molecular flexibility index (Phi) is 6.59. The van der Waals surface area contributed by atoms with Gasteiger partial charge < -0.3 is 19.5 Å². The summed E-state index contributed by atoms with van der Waals surface area (Å²) < 4.78 is 26.1. The smallest absolute Gasteiger partial charge is 0.279 e. The van der Waals surface area contributed by atoms with E-state index in [1.165, 1.54) is 24.3 Å². The highest BCUT2D eigenvalue weighted by Crippen LogP contribution is 2.45. The molecule has 188 valence electrons. The van der Waals surface area contributed by atoms with Gasteiger partial charge in [-0.25, -0.2) is 4.39 Å². The molecule has 2 fully saturated rings. The molecule has 0 aliphatic carbocycles. The van der Waals surface area contributed by atoms with Gasteiger partial charge in [0.1, 0.15) is 18.2 Å². The molecule has 0 saturated carbocycles. The van der Waals surface area contributed by atoms with Crippen LogP contribution in [0.15, 0.2) is 36.4 Å². The zero-order valence-corrected chi connectivity index (χ0v) is 20.0. The summed E-state index contributed by atoms with van der Waals surface area (Å²) in [5.74, 6) is -2.81. The van der Waals surface area contributed by atoms with Crippen LogP contribution in [0.1, 0.15) is 39.9 Å². The summed E-state index contributed by atoms with van der Waals surface area (Å²) in [5.41, 5.74) is -1.25. The fourth-order valence-corrected chi connectivity index (χ4v) is 5.00. The highest BCUT2D eigenvalue weighted by Gasteiger charge is 2.57. The van der Waals surface area contributed by atoms with Gasteiger partial charge in [-0.15, -0.1) is 0 Å². The third kappa shape index (κ3) is 4.54. The molecule has 5 rings (SSSR count). The second-order valence-electron chi connectivity index (χ2n) is 9.44. The molecule has 9 nitrogen and oxygen atoms in total. The molecule has 3 amide bonds. The van der Waals surface area contributed by atoms with Crippen molar-refractivity contribution in [2.75, 3.05) is 26.3 Å². The average Bonchev–Trinajstić information content (AvgIpc) is 3.08. The molecule has 3 heterocycles. The Morgan fingerprint density at radius 3 is 2.59 bits per heavy atom. The second kappa shape index (κ2) is 9.59. The van der Waals surface area contributed by atoms with Gasteiger partial charge in [-0.2, -0.15) is 0 Å². The number of amides is 3. The number of ether oxygens (including phenoxy) is 2. The van der Waals surface area contributed by atoms with Crippen molar-refractivity contribution in [2.24, 2.45) is 0 Å². The van der Waals surface area contributed by atoms with E-state index in [4.69, 9.17) is 25.2 Å². The first-order chi connectivity index (χ1) is 17.6. The van der Waals surface area contributed by atoms with Crippen molar-refractivity contribution in [3.63, 3.8) is 0 Å². The van der Waals surface area contributed by atoms with Gasteiger partial charge in [-0.05, 0) is 29.1 Å². The van der Waals surface area contributed by atoms with Gasteiger partial charge >= 0.3 is 0 Å². The number of rotatable bonds is 6. The lowest BCUT2D eigenvalue weighted by molar-refractivity contribution is -0.170. The standard InChI is InChI=1S/C25H24B2FN3O6/c26-25(27)21-17(22(33)31(25)24(35)7-6-20(32)29-23(24)34)2-1-3-19(21)37-14-16-5-4-15(12-18(16)28)13-30-8-10-36-11-9-30/h1-5,12,35H,6-11,13-14H2,(H,29,32,34). The Bertz CT molecular complexity index is 1270. The summed E-state index contributed by atoms with van der Waals surface area (Å²) in [6.07, 6.45) is -0.575. The molecule has 2 N–H and O–H groups in total. The first-order valence-corrected chi connectivity index (χ1v) is 11.9. The number of benzene rings is 2. The third-order valence-electron chi connectivity index (χ3n) is 6.93. The fourth-order valence-electron chi connectivity index (χ4n) is 5.00. The van der Waals surface area contributed by atoms with E-state index in [1.807, 2.05) is 11.4 Å². The minimum Gasteiger partial charge on any atom is -0.488 e. The van der Waals surface area contributed by atoms with Crippen LogP contribution in [0.2, 0.25) is 0 Å². The molecule has 1 unspecified atom stereocenters. The molecular formula is C25H24B2FN3O6. The normalized spacial score (nSPS) is 23.6. The second-order valence-corrected chi connectivity index (χ2v) is 9.44. The number of morpholine rings is 1. The SMILES string of the molecule is [B]C1([B])c2c(OCc3ccc(CN4CCOCC4)cc3F)cccc2C(=O)N1C1(O)CCC(=O)NC1=O. The number of nitrogens with one attached hydrogen (secondary N) is 1. The van der Waals surface area contributed by atoms with Crippen molar-refractivity contribution in [3.8, 4) is 5.75 Å². The zero-order valence-electron chi connectivity index (χ0n) is 20.0. The average molecular weight is 503 g/mol. The number of piperidine rings is 1. The van der Waals surface area contributed by atoms with E-state index in [1.54, 1.807) is 6.07 Å². The predicted octanol–water partition coefficient (Wildman–Crippen LogP) is 0.265. The summed E-state index contributed by atoms with van der Waals surface area (Å²) in [6.45, 7) is 3.31. The molecule has 3 aliphatic rings. The molecule has 3 aliphatic heterocycles. The van der Waals surface area contributed by atoms with Gasteiger partial charge in [0.15, 0.2) is 0 Å². The zero-order chi connectivity index (χ0) is 26.4. The third-order valence-corrected chi connectivity index (χ3v) is 6.93. The van der Waals surface area contributed by atoms with Crippen molar-refractivity contribution in [2.45, 2.75) is 37.1 Å². The van der Waals surface area contributed by atoms with Crippen LogP contribution in [0, 0.1) is 5.82 Å². The van der Waals surface area contributed by atoms with Gasteiger partial charge in [0, 0.05) is 49.2 Å². The van der Waals surface area contributed by atoms with E-state index in [0.717, 1.165) is 18.7 Å². The van der Waals surface area contributed by atoms with E-state index < -0.39 is 34.6 Å². The maximum Gasteiger partial charge on any atom is 0.279 e. The number of nitrogens with zero attached hydrogens (tertiary/aromatic N) is 2.